The second-order valence-electron chi connectivity index (χ2n) is 4.68. The average molecular weight is 234 g/mol. The van der Waals surface area contributed by atoms with E-state index in [0.29, 0.717) is 6.04 Å². The summed E-state index contributed by atoms with van der Waals surface area (Å²) < 4.78 is 0. The monoisotopic (exact) mass is 233 g/mol. The molecule has 1 aromatic carbocycles. The van der Waals surface area contributed by atoms with E-state index in [1.807, 2.05) is 12.1 Å². The number of hydrogen-bond acceptors (Lipinski definition) is 1. The Morgan fingerprint density at radius 2 is 2.19 bits per heavy atom. The van der Waals surface area contributed by atoms with E-state index in [9.17, 15) is 0 Å². The molecule has 1 saturated heterocycles. The number of rotatable bonds is 1. The summed E-state index contributed by atoms with van der Waals surface area (Å²) in [6, 6.07) is 6.83. The lowest BCUT2D eigenvalue weighted by Crippen LogP contribution is -2.25. The van der Waals surface area contributed by atoms with E-state index < -0.39 is 0 Å². The minimum absolute atomic E-state index is 0.601. The Bertz CT molecular complexity index is 430. The van der Waals surface area contributed by atoms with Crippen LogP contribution in [0.1, 0.15) is 30.4 Å². The van der Waals surface area contributed by atoms with Crippen LogP contribution in [0.4, 0.5) is 0 Å². The van der Waals surface area contributed by atoms with Crippen LogP contribution in [-0.4, -0.2) is 12.6 Å². The fourth-order valence-corrected chi connectivity index (χ4v) is 3.02. The minimum atomic E-state index is 0.601. The zero-order valence-electron chi connectivity index (χ0n) is 9.30. The largest absolute Gasteiger partial charge is 0.310 e. The Hall–Kier alpha value is -0.790. The highest BCUT2D eigenvalue weighted by molar-refractivity contribution is 6.32. The summed E-state index contributed by atoms with van der Waals surface area (Å²) in [5.41, 5.74) is 4.19. The maximum absolute atomic E-state index is 6.25. The predicted molar refractivity (Wildman–Crippen MR) is 68.8 cm³/mol. The minimum Gasteiger partial charge on any atom is -0.310 e. The molecule has 16 heavy (non-hydrogen) atoms. The molecule has 1 heterocycles. The zero-order valence-corrected chi connectivity index (χ0v) is 10.1. The van der Waals surface area contributed by atoms with E-state index in [1.54, 1.807) is 0 Å². The van der Waals surface area contributed by atoms with Crippen LogP contribution in [0.15, 0.2) is 23.8 Å². The number of fused-ring (bicyclic) bond motifs is 1. The van der Waals surface area contributed by atoms with Crippen LogP contribution < -0.4 is 5.32 Å². The number of hydrogen-bond donors (Lipinski definition) is 1. The maximum atomic E-state index is 6.25. The zero-order chi connectivity index (χ0) is 11.0. The average Bonchev–Trinajstić information content (AvgIpc) is 2.83. The van der Waals surface area contributed by atoms with E-state index in [2.05, 4.69) is 17.5 Å². The molecule has 0 aromatic heterocycles. The first kappa shape index (κ1) is 10.4. The normalized spacial score (nSPS) is 24.1. The van der Waals surface area contributed by atoms with Gasteiger partial charge in [-0.05, 0) is 49.4 Å². The van der Waals surface area contributed by atoms with E-state index in [4.69, 9.17) is 11.6 Å². The fourth-order valence-electron chi connectivity index (χ4n) is 2.77. The summed E-state index contributed by atoms with van der Waals surface area (Å²) in [6.07, 6.45) is 7.22. The van der Waals surface area contributed by atoms with Gasteiger partial charge in [0.05, 0.1) is 0 Å². The van der Waals surface area contributed by atoms with Crippen molar-refractivity contribution in [3.63, 3.8) is 0 Å². The summed E-state index contributed by atoms with van der Waals surface area (Å²) in [7, 11) is 0. The molecule has 1 unspecified atom stereocenters. The number of aryl methyl sites for hydroxylation is 1. The first-order valence-corrected chi connectivity index (χ1v) is 6.43. The van der Waals surface area contributed by atoms with Crippen molar-refractivity contribution in [3.8, 4) is 0 Å². The third-order valence-electron chi connectivity index (χ3n) is 3.66. The molecular weight excluding hydrogens is 218 g/mol. The van der Waals surface area contributed by atoms with Gasteiger partial charge in [0.2, 0.25) is 0 Å². The topological polar surface area (TPSA) is 12.0 Å². The molecule has 1 atom stereocenters. The highest BCUT2D eigenvalue weighted by atomic mass is 35.5. The Labute approximate surface area is 102 Å². The van der Waals surface area contributed by atoms with Crippen molar-refractivity contribution in [2.45, 2.75) is 31.7 Å². The van der Waals surface area contributed by atoms with Crippen molar-refractivity contribution in [1.82, 2.24) is 5.32 Å². The third kappa shape index (κ3) is 1.79. The highest BCUT2D eigenvalue weighted by Gasteiger charge is 2.21. The van der Waals surface area contributed by atoms with E-state index in [0.717, 1.165) is 18.0 Å². The van der Waals surface area contributed by atoms with Gasteiger partial charge in [0, 0.05) is 11.1 Å². The van der Waals surface area contributed by atoms with Crippen LogP contribution >= 0.6 is 11.6 Å². The SMILES string of the molecule is Clc1cccc2c1C=C(C1CCCN1)CC2. The molecule has 2 aliphatic rings. The van der Waals surface area contributed by atoms with Gasteiger partial charge in [-0.1, -0.05) is 35.4 Å². The van der Waals surface area contributed by atoms with Crippen LogP contribution in [0, 0.1) is 0 Å². The van der Waals surface area contributed by atoms with Crippen LogP contribution in [0.3, 0.4) is 0 Å². The van der Waals surface area contributed by atoms with Crippen LogP contribution in [0.2, 0.25) is 5.02 Å². The Morgan fingerprint density at radius 3 is 3.00 bits per heavy atom. The second-order valence-corrected chi connectivity index (χ2v) is 5.09. The summed E-state index contributed by atoms with van der Waals surface area (Å²) >= 11 is 6.25. The van der Waals surface area contributed by atoms with Crippen molar-refractivity contribution < 1.29 is 0 Å². The predicted octanol–water partition coefficient (Wildman–Crippen LogP) is 3.42. The van der Waals surface area contributed by atoms with Crippen LogP contribution in [-0.2, 0) is 6.42 Å². The Morgan fingerprint density at radius 1 is 1.25 bits per heavy atom. The first-order chi connectivity index (χ1) is 7.84. The van der Waals surface area contributed by atoms with Crippen LogP contribution in [0.5, 0.6) is 0 Å². The highest BCUT2D eigenvalue weighted by Crippen LogP contribution is 2.32. The van der Waals surface area contributed by atoms with Gasteiger partial charge in [-0.3, -0.25) is 0 Å². The lowest BCUT2D eigenvalue weighted by atomic mass is 9.88. The lowest BCUT2D eigenvalue weighted by Gasteiger charge is -2.22. The molecule has 0 spiro atoms. The fraction of sp³-hybridized carbons (Fsp3) is 0.429. The summed E-state index contributed by atoms with van der Waals surface area (Å²) in [6.45, 7) is 1.16. The number of nitrogens with one attached hydrogen (secondary N) is 1. The van der Waals surface area contributed by atoms with Gasteiger partial charge in [-0.15, -0.1) is 0 Å². The van der Waals surface area contributed by atoms with Gasteiger partial charge in [0.15, 0.2) is 0 Å². The van der Waals surface area contributed by atoms with Gasteiger partial charge in [0.1, 0.15) is 0 Å². The van der Waals surface area contributed by atoms with E-state index in [1.165, 1.54) is 36.0 Å². The van der Waals surface area contributed by atoms with Gasteiger partial charge < -0.3 is 5.32 Å². The van der Waals surface area contributed by atoms with Crippen molar-refractivity contribution in [2.75, 3.05) is 6.54 Å². The van der Waals surface area contributed by atoms with Crippen molar-refractivity contribution >= 4 is 17.7 Å². The van der Waals surface area contributed by atoms with Crippen molar-refractivity contribution in [3.05, 3.63) is 39.9 Å². The molecular formula is C14H16ClN. The van der Waals surface area contributed by atoms with Gasteiger partial charge >= 0.3 is 0 Å². The lowest BCUT2D eigenvalue weighted by molar-refractivity contribution is 0.656. The quantitative estimate of drug-likeness (QED) is 0.784. The molecule has 1 fully saturated rings. The number of halogens is 1. The molecule has 0 radical (unpaired) electrons. The second kappa shape index (κ2) is 4.23. The molecule has 84 valence electrons. The van der Waals surface area contributed by atoms with Crippen molar-refractivity contribution in [2.24, 2.45) is 0 Å². The molecule has 1 aromatic rings. The van der Waals surface area contributed by atoms with E-state index in [-0.39, 0.29) is 0 Å². The maximum Gasteiger partial charge on any atom is 0.0481 e. The molecule has 0 saturated carbocycles. The first-order valence-electron chi connectivity index (χ1n) is 6.06. The Kier molecular flexibility index (Phi) is 2.74. The third-order valence-corrected chi connectivity index (χ3v) is 3.99. The molecule has 2 heteroatoms. The standard InChI is InChI=1S/C14H16ClN/c15-13-4-1-3-10-6-7-11(9-12(10)13)14-5-2-8-16-14/h1,3-4,9,14,16H,2,5-8H2. The molecule has 1 aliphatic carbocycles. The molecule has 3 rings (SSSR count). The van der Waals surface area contributed by atoms with Gasteiger partial charge in [-0.2, -0.15) is 0 Å². The molecule has 1 nitrogen and oxygen atoms in total. The smallest absolute Gasteiger partial charge is 0.0481 e. The summed E-state index contributed by atoms with van der Waals surface area (Å²) in [5, 5.41) is 4.46. The van der Waals surface area contributed by atoms with Gasteiger partial charge in [0.25, 0.3) is 0 Å². The van der Waals surface area contributed by atoms with Crippen LogP contribution in [0.25, 0.3) is 6.08 Å². The molecule has 1 N–H and O–H groups in total. The van der Waals surface area contributed by atoms with E-state index >= 15 is 0 Å². The summed E-state index contributed by atoms with van der Waals surface area (Å²) in [5.74, 6) is 0. The molecule has 1 aliphatic heterocycles. The number of benzene rings is 1. The van der Waals surface area contributed by atoms with Gasteiger partial charge in [-0.25, -0.2) is 0 Å². The van der Waals surface area contributed by atoms with Crippen molar-refractivity contribution in [1.29, 1.82) is 0 Å². The Balaban J connectivity index is 1.96. The summed E-state index contributed by atoms with van der Waals surface area (Å²) in [4.78, 5) is 0. The molecule has 0 amide bonds. The molecule has 0 bridgehead atoms.